The number of carbonyl (C=O) groups excluding carboxylic acids is 3. The van der Waals surface area contributed by atoms with Crippen LogP contribution in [0.2, 0.25) is 0 Å². The van der Waals surface area contributed by atoms with Gasteiger partial charge in [-0.1, -0.05) is 30.3 Å². The Balaban J connectivity index is 2.30. The Hall–Kier alpha value is -2.57. The highest BCUT2D eigenvalue weighted by Crippen LogP contribution is 2.00. The molecule has 0 heterocycles. The first-order valence-corrected chi connectivity index (χ1v) is 5.91. The number of hydrogen-bond acceptors (Lipinski definition) is 5. The molecule has 1 rings (SSSR count). The van der Waals surface area contributed by atoms with E-state index in [1.165, 1.54) is 6.92 Å². The summed E-state index contributed by atoms with van der Waals surface area (Å²) in [7, 11) is 0. The van der Waals surface area contributed by atoms with Crippen molar-refractivity contribution in [3.63, 3.8) is 0 Å². The van der Waals surface area contributed by atoms with Crippen molar-refractivity contribution in [2.75, 3.05) is 6.61 Å². The molecule has 1 atom stereocenters. The molecule has 0 bridgehead atoms. The minimum absolute atomic E-state index is 0.0930. The number of rotatable bonds is 6. The highest BCUT2D eigenvalue weighted by atomic mass is 16.6. The molecule has 0 radical (unpaired) electrons. The number of carbonyl (C=O) groups is 3. The van der Waals surface area contributed by atoms with Gasteiger partial charge >= 0.3 is 12.1 Å². The molecule has 3 N–H and O–H groups in total. The van der Waals surface area contributed by atoms with E-state index in [0.29, 0.717) is 0 Å². The second kappa shape index (κ2) is 7.78. The maximum Gasteiger partial charge on any atom is 0.408 e. The molecule has 7 heteroatoms. The van der Waals surface area contributed by atoms with E-state index < -0.39 is 30.6 Å². The van der Waals surface area contributed by atoms with Gasteiger partial charge in [0.25, 0.3) is 5.91 Å². The molecule has 0 saturated heterocycles. The third kappa shape index (κ3) is 5.85. The van der Waals surface area contributed by atoms with Crippen molar-refractivity contribution < 1.29 is 23.9 Å². The highest BCUT2D eigenvalue weighted by molar-refractivity contribution is 5.83. The van der Waals surface area contributed by atoms with Crippen LogP contribution in [0.3, 0.4) is 0 Å². The summed E-state index contributed by atoms with van der Waals surface area (Å²) >= 11 is 0. The summed E-state index contributed by atoms with van der Waals surface area (Å²) in [6, 6.07) is 8.16. The van der Waals surface area contributed by atoms with Crippen LogP contribution in [0.4, 0.5) is 4.79 Å². The third-order valence-corrected chi connectivity index (χ3v) is 2.26. The van der Waals surface area contributed by atoms with Crippen LogP contribution in [0.25, 0.3) is 0 Å². The van der Waals surface area contributed by atoms with Crippen molar-refractivity contribution in [1.82, 2.24) is 5.32 Å². The van der Waals surface area contributed by atoms with E-state index in [-0.39, 0.29) is 6.61 Å². The van der Waals surface area contributed by atoms with Gasteiger partial charge in [0.1, 0.15) is 12.6 Å². The average Bonchev–Trinajstić information content (AvgIpc) is 2.43. The highest BCUT2D eigenvalue weighted by Gasteiger charge is 2.18. The smallest absolute Gasteiger partial charge is 0.408 e. The van der Waals surface area contributed by atoms with E-state index in [2.05, 4.69) is 10.1 Å². The van der Waals surface area contributed by atoms with Crippen LogP contribution in [-0.2, 0) is 25.7 Å². The van der Waals surface area contributed by atoms with Gasteiger partial charge < -0.3 is 20.5 Å². The van der Waals surface area contributed by atoms with Crippen molar-refractivity contribution in [2.24, 2.45) is 5.73 Å². The maximum atomic E-state index is 11.4. The summed E-state index contributed by atoms with van der Waals surface area (Å²) in [5, 5.41) is 2.29. The van der Waals surface area contributed by atoms with Crippen LogP contribution < -0.4 is 11.1 Å². The minimum Gasteiger partial charge on any atom is -0.454 e. The van der Waals surface area contributed by atoms with Gasteiger partial charge in [0.15, 0.2) is 6.61 Å². The van der Waals surface area contributed by atoms with Crippen molar-refractivity contribution in [3.05, 3.63) is 35.9 Å². The minimum atomic E-state index is -0.933. The predicted molar refractivity (Wildman–Crippen MR) is 69.4 cm³/mol. The fourth-order valence-corrected chi connectivity index (χ4v) is 1.27. The molecule has 1 aromatic carbocycles. The predicted octanol–water partition coefficient (Wildman–Crippen LogP) is 0.330. The number of ether oxygens (including phenoxy) is 2. The lowest BCUT2D eigenvalue weighted by molar-refractivity contribution is -0.149. The van der Waals surface area contributed by atoms with Crippen LogP contribution in [0.5, 0.6) is 0 Å². The van der Waals surface area contributed by atoms with Gasteiger partial charge in [0.05, 0.1) is 0 Å². The molecule has 0 spiro atoms. The molecule has 20 heavy (non-hydrogen) atoms. The SMILES string of the molecule is CC(NC(=O)OCc1ccccc1)C(=O)OCC(N)=O. The standard InChI is InChI=1S/C13H16N2O5/c1-9(12(17)19-8-11(14)16)15-13(18)20-7-10-5-3-2-4-6-10/h2-6,9H,7-8H2,1H3,(H2,14,16)(H,15,18). The number of hydrogen-bond donors (Lipinski definition) is 2. The summed E-state index contributed by atoms with van der Waals surface area (Å²) in [6.07, 6.45) is -0.752. The fourth-order valence-electron chi connectivity index (χ4n) is 1.27. The average molecular weight is 280 g/mol. The van der Waals surface area contributed by atoms with Crippen molar-refractivity contribution in [1.29, 1.82) is 0 Å². The van der Waals surface area contributed by atoms with Crippen LogP contribution in [0.15, 0.2) is 30.3 Å². The quantitative estimate of drug-likeness (QED) is 0.730. The molecule has 0 fully saturated rings. The number of nitrogens with one attached hydrogen (secondary N) is 1. The zero-order valence-corrected chi connectivity index (χ0v) is 11.0. The fraction of sp³-hybridized carbons (Fsp3) is 0.308. The van der Waals surface area contributed by atoms with E-state index in [1.807, 2.05) is 18.2 Å². The number of primary amides is 1. The monoisotopic (exact) mass is 280 g/mol. The topological polar surface area (TPSA) is 108 Å². The van der Waals surface area contributed by atoms with E-state index in [4.69, 9.17) is 10.5 Å². The van der Waals surface area contributed by atoms with Crippen molar-refractivity contribution in [3.8, 4) is 0 Å². The number of amides is 2. The number of nitrogens with two attached hydrogens (primary N) is 1. The Morgan fingerprint density at radius 1 is 1.20 bits per heavy atom. The van der Waals surface area contributed by atoms with Crippen LogP contribution in [0.1, 0.15) is 12.5 Å². The Morgan fingerprint density at radius 2 is 1.85 bits per heavy atom. The largest absolute Gasteiger partial charge is 0.454 e. The molecule has 1 aromatic rings. The lowest BCUT2D eigenvalue weighted by atomic mass is 10.2. The van der Waals surface area contributed by atoms with Gasteiger partial charge in [-0.15, -0.1) is 0 Å². The Labute approximate surface area is 116 Å². The molecule has 2 amide bonds. The summed E-state index contributed by atoms with van der Waals surface area (Å²) in [5.41, 5.74) is 5.65. The number of benzene rings is 1. The summed E-state index contributed by atoms with van der Waals surface area (Å²) in [6.45, 7) is 0.979. The molecule has 7 nitrogen and oxygen atoms in total. The van der Waals surface area contributed by atoms with Crippen molar-refractivity contribution >= 4 is 18.0 Å². The molecule has 0 saturated carbocycles. The first-order chi connectivity index (χ1) is 9.49. The van der Waals surface area contributed by atoms with Gasteiger partial charge in [0.2, 0.25) is 0 Å². The van der Waals surface area contributed by atoms with Gasteiger partial charge in [-0.05, 0) is 12.5 Å². The van der Waals surface area contributed by atoms with E-state index in [0.717, 1.165) is 5.56 Å². The van der Waals surface area contributed by atoms with Gasteiger partial charge in [-0.25, -0.2) is 9.59 Å². The molecule has 0 aliphatic carbocycles. The van der Waals surface area contributed by atoms with E-state index in [1.54, 1.807) is 12.1 Å². The summed E-state index contributed by atoms with van der Waals surface area (Å²) in [5.74, 6) is -1.53. The second-order valence-corrected chi connectivity index (χ2v) is 4.00. The molecular weight excluding hydrogens is 264 g/mol. The maximum absolute atomic E-state index is 11.4. The third-order valence-electron chi connectivity index (χ3n) is 2.26. The molecule has 0 aromatic heterocycles. The number of esters is 1. The Bertz CT molecular complexity index is 475. The first kappa shape index (κ1) is 15.5. The molecule has 0 aliphatic heterocycles. The van der Waals surface area contributed by atoms with Crippen molar-refractivity contribution in [2.45, 2.75) is 19.6 Å². The second-order valence-electron chi connectivity index (χ2n) is 4.00. The zero-order valence-electron chi connectivity index (χ0n) is 11.0. The molecule has 108 valence electrons. The van der Waals surface area contributed by atoms with Crippen LogP contribution >= 0.6 is 0 Å². The molecule has 1 unspecified atom stereocenters. The zero-order chi connectivity index (χ0) is 15.0. The lowest BCUT2D eigenvalue weighted by Gasteiger charge is -2.12. The molecular formula is C13H16N2O5. The summed E-state index contributed by atoms with van der Waals surface area (Å²) in [4.78, 5) is 33.2. The first-order valence-electron chi connectivity index (χ1n) is 5.91. The van der Waals surface area contributed by atoms with Crippen LogP contribution in [0, 0.1) is 0 Å². The summed E-state index contributed by atoms with van der Waals surface area (Å²) < 4.78 is 9.47. The number of alkyl carbamates (subject to hydrolysis) is 1. The van der Waals surface area contributed by atoms with Crippen LogP contribution in [-0.4, -0.2) is 30.6 Å². The van der Waals surface area contributed by atoms with Gasteiger partial charge in [-0.3, -0.25) is 4.79 Å². The van der Waals surface area contributed by atoms with Gasteiger partial charge in [-0.2, -0.15) is 0 Å². The lowest BCUT2D eigenvalue weighted by Crippen LogP contribution is -2.40. The van der Waals surface area contributed by atoms with Gasteiger partial charge in [0, 0.05) is 0 Å². The normalized spacial score (nSPS) is 11.2. The van der Waals surface area contributed by atoms with E-state index >= 15 is 0 Å². The van der Waals surface area contributed by atoms with E-state index in [9.17, 15) is 14.4 Å². The Kier molecular flexibility index (Phi) is 6.02. The molecule has 0 aliphatic rings. The Morgan fingerprint density at radius 3 is 2.45 bits per heavy atom.